The highest BCUT2D eigenvalue weighted by molar-refractivity contribution is 6.38. The van der Waals surface area contributed by atoms with E-state index < -0.39 is 40.5 Å². The molecule has 2 heterocycles. The maximum Gasteiger partial charge on any atom is 0.427 e. The lowest BCUT2D eigenvalue weighted by molar-refractivity contribution is 0.0524. The van der Waals surface area contributed by atoms with Crippen LogP contribution in [0, 0.1) is 11.7 Å². The molecule has 2 aromatic rings. The van der Waals surface area contributed by atoms with Crippen LogP contribution in [0.5, 0.6) is 0 Å². The van der Waals surface area contributed by atoms with Crippen LogP contribution >= 0.6 is 11.6 Å². The van der Waals surface area contributed by atoms with Crippen molar-refractivity contribution in [1.29, 1.82) is 0 Å². The first-order valence-electron chi connectivity index (χ1n) is 13.5. The third kappa shape index (κ3) is 6.71. The second-order valence-corrected chi connectivity index (χ2v) is 12.8. The van der Waals surface area contributed by atoms with Crippen LogP contribution in [0.2, 0.25) is 5.02 Å². The number of carbonyl (C=O) groups excluding carboxylic acids is 2. The van der Waals surface area contributed by atoms with Gasteiger partial charge in [-0.15, -0.1) is 0 Å². The number of ether oxygens (including phenoxy) is 2. The molecule has 1 unspecified atom stereocenters. The highest BCUT2D eigenvalue weighted by Crippen LogP contribution is 2.42. The van der Waals surface area contributed by atoms with E-state index in [1.165, 1.54) is 4.57 Å². The average Bonchev–Trinajstić information content (AvgIpc) is 3.53. The molecule has 1 saturated carbocycles. The fourth-order valence-corrected chi connectivity index (χ4v) is 5.23. The molecule has 0 spiro atoms. The van der Waals surface area contributed by atoms with Crippen molar-refractivity contribution in [3.8, 4) is 0 Å². The smallest absolute Gasteiger partial charge is 0.427 e. The summed E-state index contributed by atoms with van der Waals surface area (Å²) in [5, 5.41) is 2.60. The zero-order valence-electron chi connectivity index (χ0n) is 23.7. The highest BCUT2D eigenvalue weighted by Gasteiger charge is 2.34. The van der Waals surface area contributed by atoms with Gasteiger partial charge >= 0.3 is 17.9 Å². The SMILES string of the molecule is CC(C)(C)OC(=O)NCCC1CCN(c2c(F)cc3c(=O)n(NC(=O)OC(C)(C)C)c(=O)n(C4CC4)c3c2Cl)C1. The van der Waals surface area contributed by atoms with E-state index in [0.717, 1.165) is 12.5 Å². The molecule has 0 radical (unpaired) electrons. The van der Waals surface area contributed by atoms with E-state index in [2.05, 4.69) is 10.7 Å². The number of alkyl carbamates (subject to hydrolysis) is 1. The Labute approximate surface area is 236 Å². The molecule has 11 nitrogen and oxygen atoms in total. The van der Waals surface area contributed by atoms with Gasteiger partial charge in [0.1, 0.15) is 17.0 Å². The van der Waals surface area contributed by atoms with Crippen molar-refractivity contribution < 1.29 is 23.5 Å². The number of carbonyl (C=O) groups is 2. The first kappa shape index (κ1) is 29.7. The molecule has 13 heteroatoms. The zero-order valence-corrected chi connectivity index (χ0v) is 24.5. The highest BCUT2D eigenvalue weighted by atomic mass is 35.5. The Hall–Kier alpha value is -3.28. The number of anilines is 1. The average molecular weight is 582 g/mol. The number of benzene rings is 1. The molecule has 4 rings (SSSR count). The van der Waals surface area contributed by atoms with E-state index in [1.54, 1.807) is 46.4 Å². The molecule has 1 saturated heterocycles. The Morgan fingerprint density at radius 3 is 2.27 bits per heavy atom. The summed E-state index contributed by atoms with van der Waals surface area (Å²) in [6, 6.07) is 0.838. The minimum Gasteiger partial charge on any atom is -0.444 e. The number of hydrogen-bond acceptors (Lipinski definition) is 7. The summed E-state index contributed by atoms with van der Waals surface area (Å²) >= 11 is 6.77. The first-order valence-corrected chi connectivity index (χ1v) is 13.8. The van der Waals surface area contributed by atoms with E-state index in [9.17, 15) is 19.2 Å². The van der Waals surface area contributed by atoms with Gasteiger partial charge in [-0.25, -0.2) is 24.2 Å². The van der Waals surface area contributed by atoms with Crippen molar-refractivity contribution in [2.45, 2.75) is 84.5 Å². The number of halogens is 2. The third-order valence-corrected chi connectivity index (χ3v) is 6.93. The molecule has 40 heavy (non-hydrogen) atoms. The minimum atomic E-state index is -0.985. The van der Waals surface area contributed by atoms with E-state index in [-0.39, 0.29) is 33.6 Å². The second kappa shape index (κ2) is 10.9. The number of hydrogen-bond donors (Lipinski definition) is 2. The molecule has 0 bridgehead atoms. The topological polar surface area (TPSA) is 124 Å². The molecule has 1 aromatic carbocycles. The summed E-state index contributed by atoms with van der Waals surface area (Å²) in [6.45, 7) is 11.7. The largest absolute Gasteiger partial charge is 0.444 e. The summed E-state index contributed by atoms with van der Waals surface area (Å²) < 4.78 is 27.9. The van der Waals surface area contributed by atoms with E-state index in [1.807, 2.05) is 0 Å². The molecule has 1 aliphatic carbocycles. The quantitative estimate of drug-likeness (QED) is 0.514. The van der Waals surface area contributed by atoms with Crippen LogP contribution in [0.3, 0.4) is 0 Å². The lowest BCUT2D eigenvalue weighted by Gasteiger charge is -2.24. The van der Waals surface area contributed by atoms with Crippen molar-refractivity contribution in [1.82, 2.24) is 14.6 Å². The summed E-state index contributed by atoms with van der Waals surface area (Å²) in [5.41, 5.74) is -0.653. The molecule has 2 aliphatic rings. The van der Waals surface area contributed by atoms with Crippen LogP contribution in [0.4, 0.5) is 19.7 Å². The van der Waals surface area contributed by atoms with Crippen LogP contribution in [0.15, 0.2) is 15.7 Å². The van der Waals surface area contributed by atoms with Crippen LogP contribution in [0.25, 0.3) is 10.9 Å². The van der Waals surface area contributed by atoms with Gasteiger partial charge in [-0.1, -0.05) is 11.6 Å². The standard InChI is InChI=1S/C27H37ClFN5O6/c1-26(2,3)39-23(36)30-11-9-15-10-12-32(14-15)21-18(29)13-17-20(19(21)28)33(16-7-8-16)25(38)34(22(17)35)31-24(37)40-27(4,5)6/h13,15-16H,7-12,14H2,1-6H3,(H,30,36)(H,31,37). The second-order valence-electron chi connectivity index (χ2n) is 12.4. The lowest BCUT2D eigenvalue weighted by atomic mass is 10.1. The van der Waals surface area contributed by atoms with E-state index in [4.69, 9.17) is 21.1 Å². The molecule has 220 valence electrons. The first-order chi connectivity index (χ1) is 18.6. The van der Waals surface area contributed by atoms with Crippen LogP contribution in [-0.2, 0) is 9.47 Å². The predicted molar refractivity (Wildman–Crippen MR) is 150 cm³/mol. The fraction of sp³-hybridized carbons (Fsp3) is 0.630. The maximum absolute atomic E-state index is 15.6. The van der Waals surface area contributed by atoms with Crippen molar-refractivity contribution in [3.05, 3.63) is 37.7 Å². The molecule has 1 atom stereocenters. The van der Waals surface area contributed by atoms with Gasteiger partial charge in [-0.3, -0.25) is 9.36 Å². The summed E-state index contributed by atoms with van der Waals surface area (Å²) in [7, 11) is 0. The Balaban J connectivity index is 1.61. The van der Waals surface area contributed by atoms with Gasteiger partial charge in [-0.2, -0.15) is 4.68 Å². The molecule has 1 aliphatic heterocycles. The van der Waals surface area contributed by atoms with Gasteiger partial charge in [0.15, 0.2) is 0 Å². The number of rotatable bonds is 6. The van der Waals surface area contributed by atoms with Crippen LogP contribution in [0.1, 0.15) is 73.3 Å². The third-order valence-electron chi connectivity index (χ3n) is 6.58. The van der Waals surface area contributed by atoms with Crippen LogP contribution < -0.4 is 26.9 Å². The van der Waals surface area contributed by atoms with Crippen molar-refractivity contribution in [2.24, 2.45) is 5.92 Å². The van der Waals surface area contributed by atoms with Crippen LogP contribution in [-0.4, -0.2) is 52.3 Å². The Kier molecular flexibility index (Phi) is 8.13. The lowest BCUT2D eigenvalue weighted by Crippen LogP contribution is -2.48. The summed E-state index contributed by atoms with van der Waals surface area (Å²) in [6.07, 6.45) is 1.30. The molecular weight excluding hydrogens is 545 g/mol. The Morgan fingerprint density at radius 2 is 1.68 bits per heavy atom. The maximum atomic E-state index is 15.6. The molecule has 1 aromatic heterocycles. The summed E-state index contributed by atoms with van der Waals surface area (Å²) in [4.78, 5) is 52.8. The minimum absolute atomic E-state index is 0.0203. The molecule has 2 N–H and O–H groups in total. The van der Waals surface area contributed by atoms with Crippen molar-refractivity contribution in [2.75, 3.05) is 30.0 Å². The van der Waals surface area contributed by atoms with E-state index >= 15 is 4.39 Å². The molecule has 2 fully saturated rings. The summed E-state index contributed by atoms with van der Waals surface area (Å²) in [5.74, 6) is -0.537. The Bertz CT molecular complexity index is 1440. The van der Waals surface area contributed by atoms with Gasteiger partial charge in [0.25, 0.3) is 5.56 Å². The predicted octanol–water partition coefficient (Wildman–Crippen LogP) is 4.51. The number of amides is 2. The molecular formula is C27H37ClFN5O6. The number of aromatic nitrogens is 2. The van der Waals surface area contributed by atoms with Gasteiger partial charge in [0.2, 0.25) is 0 Å². The number of nitrogens with zero attached hydrogens (tertiary/aromatic N) is 3. The van der Waals surface area contributed by atoms with Gasteiger partial charge in [-0.05, 0) is 79.2 Å². The van der Waals surface area contributed by atoms with Gasteiger partial charge in [0.05, 0.1) is 21.6 Å². The van der Waals surface area contributed by atoms with Crippen molar-refractivity contribution >= 4 is 40.4 Å². The fourth-order valence-electron chi connectivity index (χ4n) is 4.82. The van der Waals surface area contributed by atoms with Gasteiger partial charge < -0.3 is 19.7 Å². The van der Waals surface area contributed by atoms with Crippen molar-refractivity contribution in [3.63, 3.8) is 0 Å². The molecule has 2 amide bonds. The monoisotopic (exact) mass is 581 g/mol. The Morgan fingerprint density at radius 1 is 1.05 bits per heavy atom. The number of fused-ring (bicyclic) bond motifs is 1. The van der Waals surface area contributed by atoms with Gasteiger partial charge in [0, 0.05) is 25.7 Å². The van der Waals surface area contributed by atoms with E-state index in [0.29, 0.717) is 43.6 Å². The normalized spacial score (nSPS) is 17.7. The number of nitrogens with one attached hydrogen (secondary N) is 2. The zero-order chi connectivity index (χ0) is 29.6.